The Balaban J connectivity index is 1.53. The number of hydrogen-bond donors (Lipinski definition) is 2. The highest BCUT2D eigenvalue weighted by molar-refractivity contribution is 5.89. The fourth-order valence-electron chi connectivity index (χ4n) is 2.75. The van der Waals surface area contributed by atoms with Gasteiger partial charge in [-0.3, -0.25) is 4.79 Å². The monoisotopic (exact) mass is 330 g/mol. The molecule has 0 saturated heterocycles. The van der Waals surface area contributed by atoms with Crippen LogP contribution < -0.4 is 16.2 Å². The molecular formula is C17H19FN4O2. The van der Waals surface area contributed by atoms with Crippen molar-refractivity contribution in [1.29, 1.82) is 0 Å². The number of halogens is 1. The standard InChI is InChI=1S/C17H19FN4O2/c18-13-5-7-14(8-6-13)20-17(24)19-9-10-22-16(23)11-12-3-1-2-4-15(12)21-22/h5-8,11H,1-4,9-10H2,(H2,19,20,24). The van der Waals surface area contributed by atoms with Crippen LogP contribution >= 0.6 is 0 Å². The molecule has 1 heterocycles. The quantitative estimate of drug-likeness (QED) is 0.901. The van der Waals surface area contributed by atoms with Crippen molar-refractivity contribution < 1.29 is 9.18 Å². The van der Waals surface area contributed by atoms with Gasteiger partial charge < -0.3 is 10.6 Å². The van der Waals surface area contributed by atoms with Gasteiger partial charge in [-0.05, 0) is 55.5 Å². The molecule has 7 heteroatoms. The molecule has 0 atom stereocenters. The first-order valence-electron chi connectivity index (χ1n) is 8.02. The summed E-state index contributed by atoms with van der Waals surface area (Å²) >= 11 is 0. The third-order valence-corrected chi connectivity index (χ3v) is 3.99. The number of urea groups is 1. The van der Waals surface area contributed by atoms with E-state index < -0.39 is 6.03 Å². The first-order chi connectivity index (χ1) is 11.6. The molecule has 2 amide bonds. The number of carbonyl (C=O) groups is 1. The van der Waals surface area contributed by atoms with Crippen molar-refractivity contribution in [3.05, 3.63) is 57.8 Å². The molecule has 0 radical (unpaired) electrons. The van der Waals surface area contributed by atoms with Gasteiger partial charge in [0.25, 0.3) is 5.56 Å². The molecule has 2 aromatic rings. The van der Waals surface area contributed by atoms with Gasteiger partial charge in [-0.25, -0.2) is 13.9 Å². The Kier molecular flexibility index (Phi) is 4.88. The normalized spacial score (nSPS) is 13.2. The number of hydrogen-bond acceptors (Lipinski definition) is 3. The molecule has 0 fully saturated rings. The molecule has 1 aliphatic rings. The minimum atomic E-state index is -0.410. The van der Waals surface area contributed by atoms with E-state index in [0.29, 0.717) is 12.2 Å². The predicted octanol–water partition coefficient (Wildman–Crippen LogP) is 2.08. The topological polar surface area (TPSA) is 76.0 Å². The van der Waals surface area contributed by atoms with Crippen molar-refractivity contribution in [3.8, 4) is 0 Å². The van der Waals surface area contributed by atoms with Crippen molar-refractivity contribution >= 4 is 11.7 Å². The first-order valence-corrected chi connectivity index (χ1v) is 8.02. The molecule has 0 bridgehead atoms. The number of carbonyl (C=O) groups excluding carboxylic acids is 1. The summed E-state index contributed by atoms with van der Waals surface area (Å²) in [7, 11) is 0. The third-order valence-electron chi connectivity index (χ3n) is 3.99. The second kappa shape index (κ2) is 7.25. The van der Waals surface area contributed by atoms with Gasteiger partial charge >= 0.3 is 6.03 Å². The number of nitrogens with one attached hydrogen (secondary N) is 2. The van der Waals surface area contributed by atoms with Gasteiger partial charge in [-0.15, -0.1) is 0 Å². The maximum absolute atomic E-state index is 12.8. The summed E-state index contributed by atoms with van der Waals surface area (Å²) in [5, 5.41) is 9.65. The number of aryl methyl sites for hydroxylation is 2. The highest BCUT2D eigenvalue weighted by atomic mass is 19.1. The van der Waals surface area contributed by atoms with Crippen LogP contribution in [0, 0.1) is 5.82 Å². The zero-order valence-electron chi connectivity index (χ0n) is 13.2. The number of benzene rings is 1. The van der Waals surface area contributed by atoms with Crippen LogP contribution in [0.25, 0.3) is 0 Å². The Bertz CT molecular complexity index is 786. The predicted molar refractivity (Wildman–Crippen MR) is 88.6 cm³/mol. The third kappa shape index (κ3) is 3.98. The Labute approximate surface area is 138 Å². The zero-order chi connectivity index (χ0) is 16.9. The van der Waals surface area contributed by atoms with E-state index in [4.69, 9.17) is 0 Å². The number of anilines is 1. The Hall–Kier alpha value is -2.70. The average molecular weight is 330 g/mol. The summed E-state index contributed by atoms with van der Waals surface area (Å²) in [6.07, 6.45) is 4.00. The lowest BCUT2D eigenvalue weighted by atomic mass is 9.97. The molecule has 6 nitrogen and oxygen atoms in total. The molecule has 1 aromatic carbocycles. The number of aromatic nitrogens is 2. The van der Waals surface area contributed by atoms with E-state index in [1.165, 1.54) is 28.9 Å². The van der Waals surface area contributed by atoms with Gasteiger partial charge in [-0.2, -0.15) is 5.10 Å². The van der Waals surface area contributed by atoms with Crippen LogP contribution in [-0.2, 0) is 19.4 Å². The van der Waals surface area contributed by atoms with E-state index in [1.54, 1.807) is 6.07 Å². The first kappa shape index (κ1) is 16.2. The second-order valence-corrected chi connectivity index (χ2v) is 5.77. The van der Waals surface area contributed by atoms with Gasteiger partial charge in [-0.1, -0.05) is 0 Å². The van der Waals surface area contributed by atoms with Gasteiger partial charge in [0.1, 0.15) is 5.82 Å². The maximum Gasteiger partial charge on any atom is 0.319 e. The molecule has 1 aliphatic carbocycles. The summed E-state index contributed by atoms with van der Waals surface area (Å²) < 4.78 is 14.2. The van der Waals surface area contributed by atoms with Crippen LogP contribution in [0.15, 0.2) is 35.1 Å². The second-order valence-electron chi connectivity index (χ2n) is 5.77. The number of amides is 2. The summed E-state index contributed by atoms with van der Waals surface area (Å²) in [6.45, 7) is 0.585. The van der Waals surface area contributed by atoms with Crippen LogP contribution in [0.4, 0.5) is 14.9 Å². The van der Waals surface area contributed by atoms with Crippen molar-refractivity contribution in [2.24, 2.45) is 0 Å². The van der Waals surface area contributed by atoms with Crippen LogP contribution in [0.3, 0.4) is 0 Å². The summed E-state index contributed by atoms with van der Waals surface area (Å²) in [6, 6.07) is 6.74. The largest absolute Gasteiger partial charge is 0.336 e. The lowest BCUT2D eigenvalue weighted by molar-refractivity contribution is 0.251. The minimum Gasteiger partial charge on any atom is -0.336 e. The summed E-state index contributed by atoms with van der Waals surface area (Å²) in [5.41, 5.74) is 2.38. The smallest absolute Gasteiger partial charge is 0.319 e. The fraction of sp³-hybridized carbons (Fsp3) is 0.353. The molecule has 2 N–H and O–H groups in total. The Morgan fingerprint density at radius 2 is 1.96 bits per heavy atom. The van der Waals surface area contributed by atoms with E-state index in [2.05, 4.69) is 15.7 Å². The molecule has 24 heavy (non-hydrogen) atoms. The van der Waals surface area contributed by atoms with Crippen molar-refractivity contribution in [2.45, 2.75) is 32.2 Å². The molecule has 1 aromatic heterocycles. The average Bonchev–Trinajstić information content (AvgIpc) is 2.57. The van der Waals surface area contributed by atoms with Gasteiger partial charge in [0.05, 0.1) is 12.2 Å². The lowest BCUT2D eigenvalue weighted by Crippen LogP contribution is -2.35. The van der Waals surface area contributed by atoms with Gasteiger partial charge in [0.15, 0.2) is 0 Å². The molecular weight excluding hydrogens is 311 g/mol. The van der Waals surface area contributed by atoms with Gasteiger partial charge in [0, 0.05) is 18.3 Å². The SMILES string of the molecule is O=C(NCCn1nc2c(cc1=O)CCCC2)Nc1ccc(F)cc1. The number of nitrogens with zero attached hydrogens (tertiary/aromatic N) is 2. The summed E-state index contributed by atoms with van der Waals surface area (Å²) in [4.78, 5) is 23.8. The van der Waals surface area contributed by atoms with E-state index in [-0.39, 0.29) is 17.9 Å². The Morgan fingerprint density at radius 3 is 2.75 bits per heavy atom. The van der Waals surface area contributed by atoms with E-state index >= 15 is 0 Å². The van der Waals surface area contributed by atoms with Crippen molar-refractivity contribution in [1.82, 2.24) is 15.1 Å². The van der Waals surface area contributed by atoms with Crippen LogP contribution in [0.5, 0.6) is 0 Å². The number of rotatable bonds is 4. The number of fused-ring (bicyclic) bond motifs is 1. The fourth-order valence-corrected chi connectivity index (χ4v) is 2.75. The van der Waals surface area contributed by atoms with Gasteiger partial charge in [0.2, 0.25) is 0 Å². The van der Waals surface area contributed by atoms with Crippen molar-refractivity contribution in [3.63, 3.8) is 0 Å². The van der Waals surface area contributed by atoms with Crippen LogP contribution in [0.1, 0.15) is 24.1 Å². The van der Waals surface area contributed by atoms with E-state index in [1.807, 2.05) is 0 Å². The highest BCUT2D eigenvalue weighted by Crippen LogP contribution is 2.16. The van der Waals surface area contributed by atoms with Crippen LogP contribution in [-0.4, -0.2) is 22.4 Å². The molecule has 0 aliphatic heterocycles. The van der Waals surface area contributed by atoms with E-state index in [0.717, 1.165) is 36.9 Å². The Morgan fingerprint density at radius 1 is 1.21 bits per heavy atom. The molecule has 0 saturated carbocycles. The summed E-state index contributed by atoms with van der Waals surface area (Å²) in [5.74, 6) is -0.362. The molecule has 0 unspecified atom stereocenters. The highest BCUT2D eigenvalue weighted by Gasteiger charge is 2.13. The lowest BCUT2D eigenvalue weighted by Gasteiger charge is -2.16. The maximum atomic E-state index is 12.8. The molecule has 126 valence electrons. The minimum absolute atomic E-state index is 0.142. The zero-order valence-corrected chi connectivity index (χ0v) is 13.2. The van der Waals surface area contributed by atoms with Crippen LogP contribution in [0.2, 0.25) is 0 Å². The van der Waals surface area contributed by atoms with Crippen molar-refractivity contribution in [2.75, 3.05) is 11.9 Å². The molecule has 3 rings (SSSR count). The molecule has 0 spiro atoms. The van der Waals surface area contributed by atoms with E-state index in [9.17, 15) is 14.0 Å².